The number of halogens is 1. The van der Waals surface area contributed by atoms with Crippen LogP contribution in [0.1, 0.15) is 31.4 Å². The molecule has 0 atom stereocenters. The monoisotopic (exact) mass is 368 g/mol. The molecule has 0 unspecified atom stereocenters. The fourth-order valence-corrected chi connectivity index (χ4v) is 4.11. The first-order valence-electron chi connectivity index (χ1n) is 8.20. The Kier molecular flexibility index (Phi) is 6.91. The van der Waals surface area contributed by atoms with Gasteiger partial charge < -0.3 is 0 Å². The van der Waals surface area contributed by atoms with Crippen LogP contribution in [0.3, 0.4) is 0 Å². The zero-order chi connectivity index (χ0) is 17.6. The molecule has 0 N–H and O–H groups in total. The van der Waals surface area contributed by atoms with E-state index >= 15 is 0 Å². The Hall–Kier alpha value is -1.28. The third-order valence-corrected chi connectivity index (χ3v) is 5.79. The molecule has 0 aliphatic rings. The van der Waals surface area contributed by atoms with Gasteiger partial charge in [-0.1, -0.05) is 0 Å². The first-order valence-corrected chi connectivity index (χ1v) is 10.9. The molecular weight excluding hydrogens is 343 g/mol. The predicted molar refractivity (Wildman–Crippen MR) is 103 cm³/mol. The molecule has 5 heteroatoms. The Labute approximate surface area is 150 Å². The molecular formula is C19H26ClO3P. The van der Waals surface area contributed by atoms with E-state index in [4.69, 9.17) is 24.8 Å². The fourth-order valence-electron chi connectivity index (χ4n) is 1.99. The summed E-state index contributed by atoms with van der Waals surface area (Å²) in [5, 5.41) is 0. The van der Waals surface area contributed by atoms with Crippen molar-refractivity contribution in [2.45, 2.75) is 34.1 Å². The van der Waals surface area contributed by atoms with Crippen molar-refractivity contribution in [3.63, 3.8) is 0 Å². The van der Waals surface area contributed by atoms with Crippen LogP contribution < -0.4 is 9.05 Å². The Bertz CT molecular complexity index is 579. The van der Waals surface area contributed by atoms with E-state index in [1.165, 1.54) is 0 Å². The van der Waals surface area contributed by atoms with Crippen LogP contribution >= 0.6 is 18.5 Å². The van der Waals surface area contributed by atoms with Gasteiger partial charge >= 0.3 is 150 Å². The molecule has 2 aromatic rings. The number of benzene rings is 2. The Balaban J connectivity index is 2.12. The third-order valence-electron chi connectivity index (χ3n) is 3.49. The van der Waals surface area contributed by atoms with Gasteiger partial charge in [0.1, 0.15) is 0 Å². The van der Waals surface area contributed by atoms with Gasteiger partial charge in [0.25, 0.3) is 0 Å². The summed E-state index contributed by atoms with van der Waals surface area (Å²) >= 11 is 6.64. The maximum absolute atomic E-state index is 6.64. The molecule has 2 aromatic carbocycles. The summed E-state index contributed by atoms with van der Waals surface area (Å²) < 4.78 is 17.7. The molecule has 0 radical (unpaired) electrons. The average molecular weight is 369 g/mol. The van der Waals surface area contributed by atoms with Gasteiger partial charge in [-0.05, 0) is 0 Å². The summed E-state index contributed by atoms with van der Waals surface area (Å²) in [6.45, 7) is 8.84. The third kappa shape index (κ3) is 6.32. The molecule has 0 heterocycles. The number of hydrogen-bond donors (Lipinski definition) is 0. The topological polar surface area (TPSA) is 27.7 Å². The number of hydrogen-bond acceptors (Lipinski definition) is 3. The van der Waals surface area contributed by atoms with E-state index in [1.54, 1.807) is 0 Å². The number of aryl methyl sites for hydroxylation is 2. The van der Waals surface area contributed by atoms with Crippen LogP contribution in [-0.2, 0) is 4.52 Å². The van der Waals surface area contributed by atoms with Crippen molar-refractivity contribution in [1.29, 1.82) is 0 Å². The summed E-state index contributed by atoms with van der Waals surface area (Å²) in [7, 11) is -3.36. The van der Waals surface area contributed by atoms with Gasteiger partial charge in [-0.2, -0.15) is 0 Å². The molecule has 132 valence electrons. The van der Waals surface area contributed by atoms with Crippen LogP contribution in [0.25, 0.3) is 0 Å². The molecule has 0 aliphatic heterocycles. The van der Waals surface area contributed by atoms with Crippen LogP contribution in [-0.4, -0.2) is 6.61 Å². The summed E-state index contributed by atoms with van der Waals surface area (Å²) in [5.41, 5.74) is 2.31. The Morgan fingerprint density at radius 1 is 0.833 bits per heavy atom. The van der Waals surface area contributed by atoms with Crippen LogP contribution in [0.2, 0.25) is 0 Å². The second-order valence-corrected chi connectivity index (χ2v) is 9.39. The van der Waals surface area contributed by atoms with E-state index in [0.717, 1.165) is 17.5 Å². The van der Waals surface area contributed by atoms with E-state index < -0.39 is 7.30 Å². The van der Waals surface area contributed by atoms with Crippen molar-refractivity contribution in [2.24, 2.45) is 5.92 Å². The molecule has 0 saturated carbocycles. The van der Waals surface area contributed by atoms with Gasteiger partial charge in [-0.15, -0.1) is 0 Å². The molecule has 0 spiro atoms. The minimum absolute atomic E-state index is 0.505. The summed E-state index contributed by atoms with van der Waals surface area (Å²) in [6, 6.07) is 15.4. The van der Waals surface area contributed by atoms with E-state index in [1.807, 2.05) is 62.4 Å². The van der Waals surface area contributed by atoms with Crippen molar-refractivity contribution in [3.05, 3.63) is 59.7 Å². The fraction of sp³-hybridized carbons (Fsp3) is 0.368. The Morgan fingerprint density at radius 2 is 1.25 bits per heavy atom. The molecule has 2 rings (SSSR count). The number of rotatable bonds is 8. The molecule has 0 aliphatic carbocycles. The Morgan fingerprint density at radius 3 is 1.62 bits per heavy atom. The van der Waals surface area contributed by atoms with Crippen LogP contribution in [0.4, 0.5) is 0 Å². The van der Waals surface area contributed by atoms with Crippen molar-refractivity contribution < 1.29 is 13.6 Å². The zero-order valence-electron chi connectivity index (χ0n) is 14.7. The van der Waals surface area contributed by atoms with E-state index in [0.29, 0.717) is 24.0 Å². The van der Waals surface area contributed by atoms with Crippen LogP contribution in [0.5, 0.6) is 11.5 Å². The van der Waals surface area contributed by atoms with E-state index in [2.05, 4.69) is 13.8 Å². The van der Waals surface area contributed by atoms with Crippen molar-refractivity contribution in [1.82, 2.24) is 0 Å². The quantitative estimate of drug-likeness (QED) is 0.499. The van der Waals surface area contributed by atoms with E-state index in [9.17, 15) is 0 Å². The van der Waals surface area contributed by atoms with Crippen molar-refractivity contribution in [2.75, 3.05) is 6.61 Å². The predicted octanol–water partition coefficient (Wildman–Crippen LogP) is 6.47. The second kappa shape index (κ2) is 8.71. The first-order chi connectivity index (χ1) is 11.4. The van der Waals surface area contributed by atoms with Crippen LogP contribution in [0, 0.1) is 19.8 Å². The van der Waals surface area contributed by atoms with Crippen LogP contribution in [0.15, 0.2) is 48.5 Å². The van der Waals surface area contributed by atoms with Gasteiger partial charge in [0.05, 0.1) is 0 Å². The molecule has 0 saturated heterocycles. The summed E-state index contributed by atoms with van der Waals surface area (Å²) in [5.74, 6) is 1.83. The van der Waals surface area contributed by atoms with Gasteiger partial charge in [0, 0.05) is 0 Å². The summed E-state index contributed by atoms with van der Waals surface area (Å²) in [4.78, 5) is 0. The second-order valence-electron chi connectivity index (χ2n) is 6.34. The van der Waals surface area contributed by atoms with Gasteiger partial charge in [-0.25, -0.2) is 0 Å². The molecule has 0 fully saturated rings. The normalized spacial score (nSPS) is 12.2. The molecule has 24 heavy (non-hydrogen) atoms. The average Bonchev–Trinajstić information content (AvgIpc) is 2.51. The van der Waals surface area contributed by atoms with Gasteiger partial charge in [0.2, 0.25) is 0 Å². The first kappa shape index (κ1) is 19.1. The standard InChI is InChI=1S/C19H26ClO3P/c1-15(2)13-14-21-24(20,22-18-9-5-16(3)6-10-18)23-19-11-7-17(4)8-12-19/h5-12,15,24H,13-14H2,1-4H3. The van der Waals surface area contributed by atoms with Gasteiger partial charge in [0.15, 0.2) is 0 Å². The molecule has 0 aromatic heterocycles. The zero-order valence-corrected chi connectivity index (χ0v) is 16.5. The minimum atomic E-state index is -3.36. The van der Waals surface area contributed by atoms with Gasteiger partial charge in [-0.3, -0.25) is 0 Å². The summed E-state index contributed by atoms with van der Waals surface area (Å²) in [6.07, 6.45) is 0.899. The maximum atomic E-state index is 6.64. The van der Waals surface area contributed by atoms with Crippen molar-refractivity contribution in [3.8, 4) is 11.5 Å². The van der Waals surface area contributed by atoms with Crippen molar-refractivity contribution >= 4 is 18.5 Å². The SMILES string of the molecule is Cc1ccc(O[PH](Cl)(OCCC(C)C)Oc2ccc(C)cc2)cc1. The van der Waals surface area contributed by atoms with E-state index in [-0.39, 0.29) is 0 Å². The molecule has 0 bridgehead atoms. The molecule has 0 amide bonds. The molecule has 3 nitrogen and oxygen atoms in total.